The molecule has 0 aliphatic rings. The number of carboxylic acid groups (broad SMARTS) is 1. The standard InChI is InChI=1S/C19H20O4.C2H6O/c1-2-8-15(13-14-9-4-3-5-10-14)23-19(22)17-12-7-6-11-16(17)18(20)21;1-2-3/h3-7,9-12,15H,2,8,13H2,1H3,(H,20,21);3H,2H2,1H3. The summed E-state index contributed by atoms with van der Waals surface area (Å²) in [5.74, 6) is -1.72. The number of ether oxygens (including phenoxy) is 1. The molecule has 26 heavy (non-hydrogen) atoms. The number of esters is 1. The molecule has 0 fully saturated rings. The summed E-state index contributed by atoms with van der Waals surface area (Å²) in [5, 5.41) is 16.7. The number of benzene rings is 2. The van der Waals surface area contributed by atoms with Crippen LogP contribution in [0, 0.1) is 0 Å². The molecule has 5 heteroatoms. The Morgan fingerprint density at radius 3 is 2.04 bits per heavy atom. The topological polar surface area (TPSA) is 83.8 Å². The van der Waals surface area contributed by atoms with Gasteiger partial charge in [0.2, 0.25) is 0 Å². The Kier molecular flexibility index (Phi) is 9.72. The highest BCUT2D eigenvalue weighted by Gasteiger charge is 2.20. The summed E-state index contributed by atoms with van der Waals surface area (Å²) in [4.78, 5) is 23.6. The molecule has 1 atom stereocenters. The van der Waals surface area contributed by atoms with Crippen LogP contribution in [0.1, 0.15) is 53.0 Å². The third-order valence-electron chi connectivity index (χ3n) is 3.57. The molecule has 0 aliphatic heterocycles. The van der Waals surface area contributed by atoms with Gasteiger partial charge in [-0.25, -0.2) is 9.59 Å². The first-order valence-electron chi connectivity index (χ1n) is 8.71. The van der Waals surface area contributed by atoms with E-state index in [1.165, 1.54) is 12.1 Å². The fraction of sp³-hybridized carbons (Fsp3) is 0.333. The molecule has 0 spiro atoms. The van der Waals surface area contributed by atoms with Gasteiger partial charge in [-0.05, 0) is 31.0 Å². The van der Waals surface area contributed by atoms with E-state index in [9.17, 15) is 14.7 Å². The molecule has 5 nitrogen and oxygen atoms in total. The Bertz CT molecular complexity index is 682. The molecule has 0 aliphatic carbocycles. The Balaban J connectivity index is 0.00000105. The molecule has 2 aromatic rings. The number of aromatic carboxylic acids is 1. The molecule has 2 N–H and O–H groups in total. The van der Waals surface area contributed by atoms with Crippen LogP contribution in [0.3, 0.4) is 0 Å². The van der Waals surface area contributed by atoms with Crippen molar-refractivity contribution in [3.8, 4) is 0 Å². The molecule has 0 amide bonds. The van der Waals surface area contributed by atoms with Crippen molar-refractivity contribution in [2.75, 3.05) is 6.61 Å². The first-order chi connectivity index (χ1) is 12.5. The normalized spacial score (nSPS) is 11.0. The van der Waals surface area contributed by atoms with Crippen LogP contribution in [-0.2, 0) is 11.2 Å². The van der Waals surface area contributed by atoms with Gasteiger partial charge in [0, 0.05) is 13.0 Å². The van der Waals surface area contributed by atoms with Gasteiger partial charge in [-0.1, -0.05) is 55.8 Å². The van der Waals surface area contributed by atoms with Crippen LogP contribution >= 0.6 is 0 Å². The van der Waals surface area contributed by atoms with Gasteiger partial charge >= 0.3 is 11.9 Å². The van der Waals surface area contributed by atoms with Gasteiger partial charge < -0.3 is 14.9 Å². The maximum absolute atomic E-state index is 12.4. The van der Waals surface area contributed by atoms with Gasteiger partial charge in [0.1, 0.15) is 6.10 Å². The van der Waals surface area contributed by atoms with E-state index >= 15 is 0 Å². The summed E-state index contributed by atoms with van der Waals surface area (Å²) in [5.41, 5.74) is 1.15. The van der Waals surface area contributed by atoms with Crippen LogP contribution in [0.25, 0.3) is 0 Å². The summed E-state index contributed by atoms with van der Waals surface area (Å²) in [6.07, 6.45) is 1.97. The van der Waals surface area contributed by atoms with E-state index in [1.54, 1.807) is 19.1 Å². The van der Waals surface area contributed by atoms with Crippen LogP contribution in [0.5, 0.6) is 0 Å². The van der Waals surface area contributed by atoms with E-state index < -0.39 is 11.9 Å². The number of rotatable bonds is 7. The van der Waals surface area contributed by atoms with Gasteiger partial charge in [-0.3, -0.25) is 0 Å². The zero-order valence-electron chi connectivity index (χ0n) is 15.2. The quantitative estimate of drug-likeness (QED) is 0.732. The fourth-order valence-corrected chi connectivity index (χ4v) is 2.46. The second kappa shape index (κ2) is 11.8. The largest absolute Gasteiger partial charge is 0.478 e. The number of hydrogen-bond acceptors (Lipinski definition) is 4. The van der Waals surface area contributed by atoms with Crippen molar-refractivity contribution in [1.82, 2.24) is 0 Å². The van der Waals surface area contributed by atoms with Crippen LogP contribution in [0.4, 0.5) is 0 Å². The highest BCUT2D eigenvalue weighted by atomic mass is 16.5. The van der Waals surface area contributed by atoms with Crippen molar-refractivity contribution >= 4 is 11.9 Å². The third kappa shape index (κ3) is 7.07. The van der Waals surface area contributed by atoms with Crippen LogP contribution < -0.4 is 0 Å². The second-order valence-corrected chi connectivity index (χ2v) is 5.67. The molecular formula is C21H26O5. The SMILES string of the molecule is CCCC(Cc1ccccc1)OC(=O)c1ccccc1C(=O)O.CCO. The van der Waals surface area contributed by atoms with Crippen molar-refractivity contribution < 1.29 is 24.5 Å². The molecule has 0 heterocycles. The van der Waals surface area contributed by atoms with Crippen LogP contribution in [0.2, 0.25) is 0 Å². The number of aliphatic hydroxyl groups excluding tert-OH is 1. The molecule has 2 aromatic carbocycles. The highest BCUT2D eigenvalue weighted by molar-refractivity contribution is 6.02. The zero-order valence-corrected chi connectivity index (χ0v) is 15.2. The maximum Gasteiger partial charge on any atom is 0.339 e. The fourth-order valence-electron chi connectivity index (χ4n) is 2.46. The lowest BCUT2D eigenvalue weighted by Crippen LogP contribution is -2.22. The summed E-state index contributed by atoms with van der Waals surface area (Å²) in [6.45, 7) is 3.96. The minimum atomic E-state index is -1.13. The maximum atomic E-state index is 12.4. The van der Waals surface area contributed by atoms with E-state index in [4.69, 9.17) is 9.84 Å². The van der Waals surface area contributed by atoms with Gasteiger partial charge in [0.05, 0.1) is 11.1 Å². The van der Waals surface area contributed by atoms with Gasteiger partial charge in [-0.2, -0.15) is 0 Å². The Hall–Kier alpha value is -2.66. The average molecular weight is 358 g/mol. The van der Waals surface area contributed by atoms with E-state index in [0.717, 1.165) is 18.4 Å². The Morgan fingerprint density at radius 2 is 1.50 bits per heavy atom. The molecular weight excluding hydrogens is 332 g/mol. The smallest absolute Gasteiger partial charge is 0.339 e. The van der Waals surface area contributed by atoms with Crippen molar-refractivity contribution in [2.24, 2.45) is 0 Å². The van der Waals surface area contributed by atoms with Crippen molar-refractivity contribution in [2.45, 2.75) is 39.2 Å². The number of hydrogen-bond donors (Lipinski definition) is 2. The molecule has 0 saturated heterocycles. The van der Waals surface area contributed by atoms with Crippen molar-refractivity contribution in [3.05, 3.63) is 71.3 Å². The monoisotopic (exact) mass is 358 g/mol. The third-order valence-corrected chi connectivity index (χ3v) is 3.57. The molecule has 1 unspecified atom stereocenters. The number of aliphatic hydroxyl groups is 1. The first kappa shape index (κ1) is 21.4. The number of carbonyl (C=O) groups is 2. The van der Waals surface area contributed by atoms with E-state index in [1.807, 2.05) is 37.3 Å². The molecule has 2 rings (SSSR count). The minimum Gasteiger partial charge on any atom is -0.478 e. The lowest BCUT2D eigenvalue weighted by molar-refractivity contribution is 0.0276. The van der Waals surface area contributed by atoms with Crippen LogP contribution in [0.15, 0.2) is 54.6 Å². The Labute approximate surface area is 154 Å². The summed E-state index contributed by atoms with van der Waals surface area (Å²) in [7, 11) is 0. The minimum absolute atomic E-state index is 0.0348. The lowest BCUT2D eigenvalue weighted by atomic mass is 10.0. The number of carbonyl (C=O) groups excluding carboxylic acids is 1. The predicted octanol–water partition coefficient (Wildman–Crippen LogP) is 3.95. The van der Waals surface area contributed by atoms with E-state index in [-0.39, 0.29) is 23.8 Å². The van der Waals surface area contributed by atoms with Crippen LogP contribution in [-0.4, -0.2) is 34.9 Å². The Morgan fingerprint density at radius 1 is 0.962 bits per heavy atom. The molecule has 0 saturated carbocycles. The van der Waals surface area contributed by atoms with Gasteiger partial charge in [0.15, 0.2) is 0 Å². The average Bonchev–Trinajstić information content (AvgIpc) is 2.63. The van der Waals surface area contributed by atoms with Crippen molar-refractivity contribution in [1.29, 1.82) is 0 Å². The lowest BCUT2D eigenvalue weighted by Gasteiger charge is -2.18. The summed E-state index contributed by atoms with van der Waals surface area (Å²) < 4.78 is 5.57. The zero-order chi connectivity index (χ0) is 19.4. The molecule has 0 bridgehead atoms. The van der Waals surface area contributed by atoms with E-state index in [2.05, 4.69) is 0 Å². The first-order valence-corrected chi connectivity index (χ1v) is 8.71. The van der Waals surface area contributed by atoms with E-state index in [0.29, 0.717) is 6.42 Å². The number of carboxylic acids is 1. The van der Waals surface area contributed by atoms with Gasteiger partial charge in [-0.15, -0.1) is 0 Å². The highest BCUT2D eigenvalue weighted by Crippen LogP contribution is 2.16. The molecule has 0 radical (unpaired) electrons. The second-order valence-electron chi connectivity index (χ2n) is 5.67. The summed E-state index contributed by atoms with van der Waals surface area (Å²) in [6, 6.07) is 15.9. The summed E-state index contributed by atoms with van der Waals surface area (Å²) >= 11 is 0. The molecule has 0 aromatic heterocycles. The molecule has 140 valence electrons. The van der Waals surface area contributed by atoms with Gasteiger partial charge in [0.25, 0.3) is 0 Å². The predicted molar refractivity (Wildman–Crippen MR) is 100 cm³/mol. The van der Waals surface area contributed by atoms with Crippen molar-refractivity contribution in [3.63, 3.8) is 0 Å².